The summed E-state index contributed by atoms with van der Waals surface area (Å²) in [6.07, 6.45) is 2.96. The molecule has 0 unspecified atom stereocenters. The largest absolute Gasteiger partial charge is 0.342 e. The van der Waals surface area contributed by atoms with E-state index in [9.17, 15) is 9.59 Å². The number of carbonyl (C=O) groups is 2. The summed E-state index contributed by atoms with van der Waals surface area (Å²) in [6.45, 7) is 10.4. The molecule has 1 N–H and O–H groups in total. The molecule has 0 aromatic carbocycles. The third-order valence-corrected chi connectivity index (χ3v) is 5.57. The standard InChI is InChI=1S/C19H30N4O2/c1-12(2)15-10-16(21-20-15)19(25)23-8-5-6-14-11-22(9-7-17(14)23)18(24)13(3)4/h10,12-14,17H,5-9,11H2,1-4H3,(H,20,21)/t14-,17-/m1/s1. The summed E-state index contributed by atoms with van der Waals surface area (Å²) in [5, 5.41) is 7.22. The molecule has 0 saturated carbocycles. The van der Waals surface area contributed by atoms with E-state index in [0.717, 1.165) is 44.6 Å². The molecule has 138 valence electrons. The van der Waals surface area contributed by atoms with Crippen LogP contribution in [0.2, 0.25) is 0 Å². The molecule has 2 atom stereocenters. The second kappa shape index (κ2) is 7.18. The highest BCUT2D eigenvalue weighted by Gasteiger charge is 2.40. The van der Waals surface area contributed by atoms with E-state index in [1.54, 1.807) is 0 Å². The molecule has 0 radical (unpaired) electrons. The topological polar surface area (TPSA) is 69.3 Å². The molecule has 2 amide bonds. The van der Waals surface area contributed by atoms with Crippen LogP contribution in [0, 0.1) is 11.8 Å². The van der Waals surface area contributed by atoms with Gasteiger partial charge in [-0.3, -0.25) is 14.7 Å². The Morgan fingerprint density at radius 2 is 1.96 bits per heavy atom. The van der Waals surface area contributed by atoms with Crippen LogP contribution in [0.5, 0.6) is 0 Å². The highest BCUT2D eigenvalue weighted by atomic mass is 16.2. The van der Waals surface area contributed by atoms with Crippen molar-refractivity contribution in [3.05, 3.63) is 17.5 Å². The fourth-order valence-electron chi connectivity index (χ4n) is 4.11. The van der Waals surface area contributed by atoms with Crippen molar-refractivity contribution in [3.8, 4) is 0 Å². The van der Waals surface area contributed by atoms with Gasteiger partial charge in [0.2, 0.25) is 5.91 Å². The van der Waals surface area contributed by atoms with Crippen LogP contribution < -0.4 is 0 Å². The molecule has 1 aromatic rings. The lowest BCUT2D eigenvalue weighted by molar-refractivity contribution is -0.137. The Morgan fingerprint density at radius 3 is 2.60 bits per heavy atom. The first-order valence-corrected chi connectivity index (χ1v) is 9.53. The molecule has 2 saturated heterocycles. The normalized spacial score (nSPS) is 23.9. The molecule has 2 fully saturated rings. The van der Waals surface area contributed by atoms with Crippen molar-refractivity contribution in [1.29, 1.82) is 0 Å². The number of fused-ring (bicyclic) bond motifs is 1. The second-order valence-electron chi connectivity index (χ2n) is 8.06. The number of H-pyrrole nitrogens is 1. The highest BCUT2D eigenvalue weighted by molar-refractivity contribution is 5.92. The van der Waals surface area contributed by atoms with E-state index < -0.39 is 0 Å². The Kier molecular flexibility index (Phi) is 5.16. The Hall–Kier alpha value is -1.85. The number of nitrogens with one attached hydrogen (secondary N) is 1. The molecular weight excluding hydrogens is 316 g/mol. The minimum atomic E-state index is 0.0292. The van der Waals surface area contributed by atoms with Crippen molar-refractivity contribution in [1.82, 2.24) is 20.0 Å². The third-order valence-electron chi connectivity index (χ3n) is 5.57. The zero-order valence-corrected chi connectivity index (χ0v) is 15.8. The number of hydrogen-bond donors (Lipinski definition) is 1. The lowest BCUT2D eigenvalue weighted by Crippen LogP contribution is -2.57. The SMILES string of the molecule is CC(C)C(=O)N1CC[C@@H]2[C@H](CCCN2C(=O)c2cc(C(C)C)[nH]n2)C1. The van der Waals surface area contributed by atoms with Crippen LogP contribution in [0.4, 0.5) is 0 Å². The summed E-state index contributed by atoms with van der Waals surface area (Å²) in [7, 11) is 0. The quantitative estimate of drug-likeness (QED) is 0.915. The van der Waals surface area contributed by atoms with Gasteiger partial charge in [0, 0.05) is 37.3 Å². The van der Waals surface area contributed by atoms with Crippen molar-refractivity contribution >= 4 is 11.8 Å². The van der Waals surface area contributed by atoms with Crippen LogP contribution in [0.3, 0.4) is 0 Å². The Morgan fingerprint density at radius 1 is 1.20 bits per heavy atom. The van der Waals surface area contributed by atoms with Crippen LogP contribution in [-0.4, -0.2) is 57.5 Å². The number of amides is 2. The van der Waals surface area contributed by atoms with E-state index in [-0.39, 0.29) is 23.8 Å². The molecule has 25 heavy (non-hydrogen) atoms. The summed E-state index contributed by atoms with van der Waals surface area (Å²) < 4.78 is 0. The summed E-state index contributed by atoms with van der Waals surface area (Å²) >= 11 is 0. The number of aromatic amines is 1. The fourth-order valence-corrected chi connectivity index (χ4v) is 4.11. The van der Waals surface area contributed by atoms with Crippen LogP contribution in [0.15, 0.2) is 6.07 Å². The maximum Gasteiger partial charge on any atom is 0.274 e. The van der Waals surface area contributed by atoms with E-state index in [4.69, 9.17) is 0 Å². The molecular formula is C19H30N4O2. The minimum Gasteiger partial charge on any atom is -0.342 e. The van der Waals surface area contributed by atoms with E-state index >= 15 is 0 Å². The first kappa shape index (κ1) is 18.0. The number of likely N-dealkylation sites (tertiary alicyclic amines) is 2. The van der Waals surface area contributed by atoms with Gasteiger partial charge in [0.05, 0.1) is 0 Å². The lowest BCUT2D eigenvalue weighted by atomic mass is 9.83. The lowest BCUT2D eigenvalue weighted by Gasteiger charge is -2.47. The number of carbonyl (C=O) groups excluding carboxylic acids is 2. The van der Waals surface area contributed by atoms with Gasteiger partial charge < -0.3 is 9.80 Å². The van der Waals surface area contributed by atoms with Crippen molar-refractivity contribution < 1.29 is 9.59 Å². The monoisotopic (exact) mass is 346 g/mol. The zero-order valence-electron chi connectivity index (χ0n) is 15.8. The maximum absolute atomic E-state index is 13.0. The van der Waals surface area contributed by atoms with E-state index in [2.05, 4.69) is 24.0 Å². The predicted octanol–water partition coefficient (Wildman–Crippen LogP) is 2.64. The summed E-state index contributed by atoms with van der Waals surface area (Å²) in [5.41, 5.74) is 1.51. The smallest absolute Gasteiger partial charge is 0.274 e. The number of rotatable bonds is 3. The highest BCUT2D eigenvalue weighted by Crippen LogP contribution is 2.32. The third kappa shape index (κ3) is 3.58. The fraction of sp³-hybridized carbons (Fsp3) is 0.737. The maximum atomic E-state index is 13.0. The molecule has 0 spiro atoms. The van der Waals surface area contributed by atoms with Gasteiger partial charge >= 0.3 is 0 Å². The summed E-state index contributed by atoms with van der Waals surface area (Å²) in [4.78, 5) is 29.3. The van der Waals surface area contributed by atoms with Crippen LogP contribution in [0.1, 0.15) is 69.1 Å². The number of piperidine rings is 2. The van der Waals surface area contributed by atoms with Crippen molar-refractivity contribution in [2.24, 2.45) is 11.8 Å². The first-order valence-electron chi connectivity index (χ1n) is 9.53. The zero-order chi connectivity index (χ0) is 18.1. The molecule has 6 nitrogen and oxygen atoms in total. The number of nitrogens with zero attached hydrogens (tertiary/aromatic N) is 3. The van der Waals surface area contributed by atoms with Gasteiger partial charge in [-0.1, -0.05) is 27.7 Å². The van der Waals surface area contributed by atoms with Crippen LogP contribution in [-0.2, 0) is 4.79 Å². The second-order valence-corrected chi connectivity index (χ2v) is 8.06. The van der Waals surface area contributed by atoms with Crippen molar-refractivity contribution in [3.63, 3.8) is 0 Å². The van der Waals surface area contributed by atoms with Gasteiger partial charge in [-0.15, -0.1) is 0 Å². The van der Waals surface area contributed by atoms with Gasteiger partial charge in [-0.2, -0.15) is 5.10 Å². The van der Waals surface area contributed by atoms with Gasteiger partial charge in [0.25, 0.3) is 5.91 Å². The molecule has 0 aliphatic carbocycles. The number of aromatic nitrogens is 2. The molecule has 2 aliphatic heterocycles. The van der Waals surface area contributed by atoms with Crippen LogP contribution in [0.25, 0.3) is 0 Å². The molecule has 1 aromatic heterocycles. The van der Waals surface area contributed by atoms with Crippen molar-refractivity contribution in [2.45, 2.75) is 58.9 Å². The average molecular weight is 346 g/mol. The first-order chi connectivity index (χ1) is 11.9. The molecule has 6 heteroatoms. The molecule has 3 rings (SSSR count). The number of hydrogen-bond acceptors (Lipinski definition) is 3. The summed E-state index contributed by atoms with van der Waals surface area (Å²) in [5.74, 6) is 1.01. The van der Waals surface area contributed by atoms with Gasteiger partial charge in [-0.05, 0) is 37.2 Å². The van der Waals surface area contributed by atoms with Gasteiger partial charge in [0.1, 0.15) is 5.69 Å². The summed E-state index contributed by atoms with van der Waals surface area (Å²) in [6, 6.07) is 2.12. The predicted molar refractivity (Wildman–Crippen MR) is 96.3 cm³/mol. The van der Waals surface area contributed by atoms with Gasteiger partial charge in [-0.25, -0.2) is 0 Å². The van der Waals surface area contributed by atoms with Crippen molar-refractivity contribution in [2.75, 3.05) is 19.6 Å². The van der Waals surface area contributed by atoms with E-state index in [0.29, 0.717) is 17.5 Å². The van der Waals surface area contributed by atoms with Crippen LogP contribution >= 0.6 is 0 Å². The Balaban J connectivity index is 1.71. The minimum absolute atomic E-state index is 0.0292. The molecule has 3 heterocycles. The van der Waals surface area contributed by atoms with E-state index in [1.165, 1.54) is 0 Å². The Labute approximate surface area is 149 Å². The van der Waals surface area contributed by atoms with Gasteiger partial charge in [0.15, 0.2) is 0 Å². The van der Waals surface area contributed by atoms with E-state index in [1.807, 2.05) is 29.7 Å². The molecule has 2 aliphatic rings. The average Bonchev–Trinajstić information content (AvgIpc) is 3.09. The Bertz CT molecular complexity index is 637. The molecule has 0 bridgehead atoms.